The van der Waals surface area contributed by atoms with Crippen LogP contribution in [0.15, 0.2) is 6.20 Å². The summed E-state index contributed by atoms with van der Waals surface area (Å²) in [5, 5.41) is 0. The molecule has 1 aliphatic carbocycles. The van der Waals surface area contributed by atoms with Gasteiger partial charge in [-0.1, -0.05) is 13.3 Å². The van der Waals surface area contributed by atoms with E-state index in [2.05, 4.69) is 21.6 Å². The highest BCUT2D eigenvalue weighted by molar-refractivity contribution is 5.86. The first-order chi connectivity index (χ1) is 7.74. The van der Waals surface area contributed by atoms with Crippen molar-refractivity contribution in [1.29, 1.82) is 0 Å². The lowest BCUT2D eigenvalue weighted by Gasteiger charge is -2.06. The van der Waals surface area contributed by atoms with Gasteiger partial charge in [0.2, 0.25) is 0 Å². The van der Waals surface area contributed by atoms with Gasteiger partial charge < -0.3 is 9.72 Å². The maximum atomic E-state index is 11.3. The Hall–Kier alpha value is -1.32. The molecule has 0 aliphatic heterocycles. The predicted octanol–water partition coefficient (Wildman–Crippen LogP) is 2.49. The Balaban J connectivity index is 2.05. The molecule has 0 saturated heterocycles. The van der Waals surface area contributed by atoms with E-state index < -0.39 is 0 Å². The third-order valence-corrected chi connectivity index (χ3v) is 3.51. The van der Waals surface area contributed by atoms with E-state index in [4.69, 9.17) is 0 Å². The van der Waals surface area contributed by atoms with Crippen LogP contribution in [-0.2, 0) is 4.74 Å². The number of aromatic amines is 1. The number of aromatic nitrogens is 2. The highest BCUT2D eigenvalue weighted by Crippen LogP contribution is 2.38. The van der Waals surface area contributed by atoms with Crippen LogP contribution in [0.5, 0.6) is 0 Å². The molecule has 0 amide bonds. The molecule has 1 aromatic heterocycles. The summed E-state index contributed by atoms with van der Waals surface area (Å²) in [6, 6.07) is 0. The molecule has 0 spiro atoms. The minimum Gasteiger partial charge on any atom is -0.464 e. The van der Waals surface area contributed by atoms with Gasteiger partial charge in [-0.25, -0.2) is 9.78 Å². The fraction of sp³-hybridized carbons (Fsp3) is 0.667. The van der Waals surface area contributed by atoms with Crippen LogP contribution in [0.3, 0.4) is 0 Å². The number of H-pyrrole nitrogens is 1. The average molecular weight is 222 g/mol. The van der Waals surface area contributed by atoms with Crippen LogP contribution >= 0.6 is 0 Å². The monoisotopic (exact) mass is 222 g/mol. The van der Waals surface area contributed by atoms with Gasteiger partial charge in [0.1, 0.15) is 11.5 Å². The van der Waals surface area contributed by atoms with Gasteiger partial charge in [0.25, 0.3) is 0 Å². The Kier molecular flexibility index (Phi) is 3.27. The summed E-state index contributed by atoms with van der Waals surface area (Å²) in [7, 11) is 1.38. The summed E-state index contributed by atoms with van der Waals surface area (Å²) in [6.07, 6.45) is 6.44. The zero-order chi connectivity index (χ0) is 11.5. The van der Waals surface area contributed by atoms with E-state index >= 15 is 0 Å². The smallest absolute Gasteiger partial charge is 0.356 e. The molecule has 1 fully saturated rings. The van der Waals surface area contributed by atoms with Crippen molar-refractivity contribution >= 4 is 5.97 Å². The van der Waals surface area contributed by atoms with Crippen LogP contribution in [0, 0.1) is 5.92 Å². The van der Waals surface area contributed by atoms with Gasteiger partial charge >= 0.3 is 5.97 Å². The van der Waals surface area contributed by atoms with Crippen molar-refractivity contribution in [3.63, 3.8) is 0 Å². The Labute approximate surface area is 95.4 Å². The number of nitrogens with one attached hydrogen (secondary N) is 1. The number of nitrogens with zero attached hydrogens (tertiary/aromatic N) is 1. The Bertz CT molecular complexity index is 373. The van der Waals surface area contributed by atoms with Crippen molar-refractivity contribution in [1.82, 2.24) is 9.97 Å². The topological polar surface area (TPSA) is 55.0 Å². The van der Waals surface area contributed by atoms with Gasteiger partial charge in [-0.05, 0) is 25.2 Å². The third-order valence-electron chi connectivity index (χ3n) is 3.51. The van der Waals surface area contributed by atoms with Crippen LogP contribution in [0.1, 0.15) is 54.8 Å². The maximum Gasteiger partial charge on any atom is 0.356 e. The normalized spacial score (nSPS) is 24.6. The van der Waals surface area contributed by atoms with Crippen molar-refractivity contribution in [2.75, 3.05) is 7.11 Å². The van der Waals surface area contributed by atoms with E-state index in [1.54, 1.807) is 6.20 Å². The molecule has 4 nitrogen and oxygen atoms in total. The number of rotatable bonds is 3. The van der Waals surface area contributed by atoms with E-state index in [0.717, 1.165) is 11.7 Å². The fourth-order valence-electron chi connectivity index (χ4n) is 2.45. The number of esters is 1. The number of ether oxygens (including phenoxy) is 1. The number of hydrogen-bond donors (Lipinski definition) is 1. The van der Waals surface area contributed by atoms with E-state index in [0.29, 0.717) is 11.6 Å². The van der Waals surface area contributed by atoms with Gasteiger partial charge in [0.05, 0.1) is 13.3 Å². The number of imidazole rings is 1. The lowest BCUT2D eigenvalue weighted by Crippen LogP contribution is -2.02. The molecule has 0 bridgehead atoms. The van der Waals surface area contributed by atoms with Crippen LogP contribution < -0.4 is 0 Å². The molecule has 1 N–H and O–H groups in total. The number of methoxy groups -OCH3 is 1. The summed E-state index contributed by atoms with van der Waals surface area (Å²) in [5.74, 6) is 1.90. The second-order valence-corrected chi connectivity index (χ2v) is 4.46. The molecule has 1 aliphatic rings. The van der Waals surface area contributed by atoms with Crippen LogP contribution in [-0.4, -0.2) is 23.0 Å². The summed E-state index contributed by atoms with van der Waals surface area (Å²) in [6.45, 7) is 2.23. The Morgan fingerprint density at radius 3 is 3.06 bits per heavy atom. The third kappa shape index (κ3) is 2.10. The van der Waals surface area contributed by atoms with Crippen molar-refractivity contribution in [2.45, 2.75) is 38.5 Å². The molecule has 16 heavy (non-hydrogen) atoms. The molecule has 1 saturated carbocycles. The van der Waals surface area contributed by atoms with Gasteiger partial charge in [-0.3, -0.25) is 0 Å². The second-order valence-electron chi connectivity index (χ2n) is 4.46. The lowest BCUT2D eigenvalue weighted by molar-refractivity contribution is 0.0594. The molecular formula is C12H18N2O2. The number of carbonyl (C=O) groups is 1. The van der Waals surface area contributed by atoms with Gasteiger partial charge in [0.15, 0.2) is 0 Å². The van der Waals surface area contributed by atoms with Gasteiger partial charge in [-0.15, -0.1) is 0 Å². The van der Waals surface area contributed by atoms with E-state index in [9.17, 15) is 4.79 Å². The minimum absolute atomic E-state index is 0.344. The highest BCUT2D eigenvalue weighted by atomic mass is 16.5. The van der Waals surface area contributed by atoms with Crippen LogP contribution in [0.4, 0.5) is 0 Å². The molecule has 2 unspecified atom stereocenters. The van der Waals surface area contributed by atoms with Crippen LogP contribution in [0.25, 0.3) is 0 Å². The molecule has 88 valence electrons. The van der Waals surface area contributed by atoms with Crippen molar-refractivity contribution < 1.29 is 9.53 Å². The van der Waals surface area contributed by atoms with Crippen molar-refractivity contribution in [3.8, 4) is 0 Å². The average Bonchev–Trinajstić information content (AvgIpc) is 2.95. The summed E-state index contributed by atoms with van der Waals surface area (Å²) >= 11 is 0. The lowest BCUT2D eigenvalue weighted by atomic mass is 10.0. The summed E-state index contributed by atoms with van der Waals surface area (Å²) in [5.41, 5.74) is 0.456. The summed E-state index contributed by atoms with van der Waals surface area (Å²) in [4.78, 5) is 18.6. The zero-order valence-electron chi connectivity index (χ0n) is 9.82. The first-order valence-electron chi connectivity index (χ1n) is 5.87. The molecule has 4 heteroatoms. The molecule has 0 aromatic carbocycles. The fourth-order valence-corrected chi connectivity index (χ4v) is 2.45. The molecule has 2 rings (SSSR count). The standard InChI is InChI=1S/C12H18N2O2/c1-3-8-4-5-9(6-8)11-13-7-10(14-11)12(15)16-2/h7-9H,3-6H2,1-2H3,(H,13,14). The quantitative estimate of drug-likeness (QED) is 0.799. The Morgan fingerprint density at radius 2 is 2.44 bits per heavy atom. The molecular weight excluding hydrogens is 204 g/mol. The number of hydrogen-bond acceptors (Lipinski definition) is 3. The van der Waals surface area contributed by atoms with E-state index in [1.807, 2.05) is 0 Å². The maximum absolute atomic E-state index is 11.3. The van der Waals surface area contributed by atoms with Gasteiger partial charge in [0, 0.05) is 5.92 Å². The molecule has 1 aromatic rings. The highest BCUT2D eigenvalue weighted by Gasteiger charge is 2.27. The van der Waals surface area contributed by atoms with E-state index in [-0.39, 0.29) is 5.97 Å². The van der Waals surface area contributed by atoms with Crippen molar-refractivity contribution in [3.05, 3.63) is 17.7 Å². The SMILES string of the molecule is CCC1CCC(c2ncc(C(=O)OC)[nH]2)C1. The number of carbonyl (C=O) groups excluding carboxylic acids is 1. The first-order valence-corrected chi connectivity index (χ1v) is 5.87. The predicted molar refractivity (Wildman–Crippen MR) is 60.3 cm³/mol. The molecule has 0 radical (unpaired) electrons. The second kappa shape index (κ2) is 4.68. The van der Waals surface area contributed by atoms with Gasteiger partial charge in [-0.2, -0.15) is 0 Å². The van der Waals surface area contributed by atoms with Crippen LogP contribution in [0.2, 0.25) is 0 Å². The zero-order valence-corrected chi connectivity index (χ0v) is 9.82. The first kappa shape index (κ1) is 11.2. The molecule has 2 atom stereocenters. The summed E-state index contributed by atoms with van der Waals surface area (Å²) < 4.78 is 4.64. The van der Waals surface area contributed by atoms with Crippen molar-refractivity contribution in [2.24, 2.45) is 5.92 Å². The molecule has 1 heterocycles. The Morgan fingerprint density at radius 1 is 1.62 bits per heavy atom. The minimum atomic E-state index is -0.344. The largest absolute Gasteiger partial charge is 0.464 e. The van der Waals surface area contributed by atoms with E-state index in [1.165, 1.54) is 32.8 Å².